The molecular weight excluding hydrogens is 532 g/mol. The normalized spacial score (nSPS) is 15.6. The van der Waals surface area contributed by atoms with E-state index in [2.05, 4.69) is 45.9 Å². The van der Waals surface area contributed by atoms with E-state index in [0.717, 1.165) is 84.7 Å². The molecule has 1 aliphatic rings. The number of carbonyl (C=O) groups is 4. The highest BCUT2D eigenvalue weighted by atomic mass is 16.1. The molecule has 0 amide bonds. The molecule has 3 rings (SSSR count). The maximum absolute atomic E-state index is 13.5. The highest BCUT2D eigenvalue weighted by molar-refractivity contribution is 6.02. The first-order valence-corrected chi connectivity index (χ1v) is 16.9. The molecule has 0 heterocycles. The molecule has 0 saturated heterocycles. The first kappa shape index (κ1) is 36.3. The van der Waals surface area contributed by atoms with E-state index in [9.17, 15) is 19.2 Å². The van der Waals surface area contributed by atoms with E-state index < -0.39 is 0 Å². The Morgan fingerprint density at radius 3 is 2.14 bits per heavy atom. The summed E-state index contributed by atoms with van der Waals surface area (Å²) >= 11 is 0. The van der Waals surface area contributed by atoms with Crippen LogP contribution in [0.5, 0.6) is 0 Å². The average Bonchev–Trinajstić information content (AvgIpc) is 2.94. The van der Waals surface area contributed by atoms with Crippen molar-refractivity contribution in [1.82, 2.24) is 0 Å². The molecule has 4 heteroatoms. The van der Waals surface area contributed by atoms with Gasteiger partial charge in [-0.1, -0.05) is 103 Å². The summed E-state index contributed by atoms with van der Waals surface area (Å²) in [6, 6.07) is 12.4. The van der Waals surface area contributed by atoms with Crippen LogP contribution < -0.4 is 0 Å². The SMILES string of the molecule is CCC.CCCCCC(=O)Cc1ccc(-c2ccc(C)c3c2CC(CC(CCC)C(CC)C(=O)CC(C)=O)CC3=O)cc1. The van der Waals surface area contributed by atoms with Crippen LogP contribution in [0.1, 0.15) is 139 Å². The zero-order valence-electron chi connectivity index (χ0n) is 28.0. The second-order valence-corrected chi connectivity index (χ2v) is 12.7. The topological polar surface area (TPSA) is 68.3 Å². The molecule has 0 saturated carbocycles. The first-order valence-electron chi connectivity index (χ1n) is 16.9. The Kier molecular flexibility index (Phi) is 15.8. The summed E-state index contributed by atoms with van der Waals surface area (Å²) < 4.78 is 0. The van der Waals surface area contributed by atoms with Crippen molar-refractivity contribution in [1.29, 1.82) is 0 Å². The van der Waals surface area contributed by atoms with E-state index in [0.29, 0.717) is 19.3 Å². The van der Waals surface area contributed by atoms with Crippen LogP contribution in [0, 0.1) is 24.7 Å². The number of benzene rings is 2. The smallest absolute Gasteiger partial charge is 0.163 e. The van der Waals surface area contributed by atoms with Gasteiger partial charge in [0.15, 0.2) is 5.78 Å². The number of aryl methyl sites for hydroxylation is 1. The first-order chi connectivity index (χ1) is 20.6. The van der Waals surface area contributed by atoms with Crippen molar-refractivity contribution in [2.24, 2.45) is 17.8 Å². The molecule has 0 radical (unpaired) electrons. The molecule has 0 fully saturated rings. The van der Waals surface area contributed by atoms with Gasteiger partial charge < -0.3 is 0 Å². The maximum Gasteiger partial charge on any atom is 0.163 e. The fourth-order valence-electron chi connectivity index (χ4n) is 6.70. The van der Waals surface area contributed by atoms with Gasteiger partial charge in [-0.05, 0) is 79.2 Å². The summed E-state index contributed by atoms with van der Waals surface area (Å²) in [5, 5.41) is 0. The summed E-state index contributed by atoms with van der Waals surface area (Å²) in [5.41, 5.74) is 6.18. The maximum atomic E-state index is 13.5. The molecule has 4 nitrogen and oxygen atoms in total. The number of unbranched alkanes of at least 4 members (excludes halogenated alkanes) is 2. The number of rotatable bonds is 16. The highest BCUT2D eigenvalue weighted by Gasteiger charge is 2.34. The molecule has 3 atom stereocenters. The van der Waals surface area contributed by atoms with Crippen LogP contribution in [0.15, 0.2) is 36.4 Å². The zero-order valence-corrected chi connectivity index (χ0v) is 28.0. The van der Waals surface area contributed by atoms with E-state index in [4.69, 9.17) is 0 Å². The number of hydrogen-bond acceptors (Lipinski definition) is 4. The van der Waals surface area contributed by atoms with Gasteiger partial charge in [-0.15, -0.1) is 0 Å². The van der Waals surface area contributed by atoms with Gasteiger partial charge in [0.2, 0.25) is 0 Å². The van der Waals surface area contributed by atoms with E-state index >= 15 is 0 Å². The van der Waals surface area contributed by atoms with Crippen molar-refractivity contribution < 1.29 is 19.2 Å². The predicted molar refractivity (Wildman–Crippen MR) is 179 cm³/mol. The third kappa shape index (κ3) is 11.0. The van der Waals surface area contributed by atoms with Gasteiger partial charge in [0.1, 0.15) is 17.3 Å². The number of ketones is 4. The van der Waals surface area contributed by atoms with Gasteiger partial charge in [0.05, 0.1) is 6.42 Å². The zero-order chi connectivity index (χ0) is 31.9. The minimum Gasteiger partial charge on any atom is -0.300 e. The number of hydrogen-bond donors (Lipinski definition) is 0. The molecule has 0 N–H and O–H groups in total. The highest BCUT2D eigenvalue weighted by Crippen LogP contribution is 2.40. The minimum atomic E-state index is -0.130. The van der Waals surface area contributed by atoms with Crippen LogP contribution in [0.3, 0.4) is 0 Å². The largest absolute Gasteiger partial charge is 0.300 e. The Hall–Kier alpha value is -2.88. The van der Waals surface area contributed by atoms with Gasteiger partial charge in [-0.2, -0.15) is 0 Å². The Labute approximate surface area is 261 Å². The quantitative estimate of drug-likeness (QED) is 0.145. The summed E-state index contributed by atoms with van der Waals surface area (Å²) in [5.74, 6) is 0.688. The third-order valence-corrected chi connectivity index (χ3v) is 8.63. The lowest BCUT2D eigenvalue weighted by Crippen LogP contribution is -2.30. The van der Waals surface area contributed by atoms with Gasteiger partial charge in [0, 0.05) is 30.7 Å². The average molecular weight is 589 g/mol. The lowest BCUT2D eigenvalue weighted by molar-refractivity contribution is -0.130. The summed E-state index contributed by atoms with van der Waals surface area (Å²) in [6.07, 6.45) is 10.3. The summed E-state index contributed by atoms with van der Waals surface area (Å²) in [4.78, 5) is 50.5. The van der Waals surface area contributed by atoms with Crippen molar-refractivity contribution in [2.75, 3.05) is 0 Å². The van der Waals surface area contributed by atoms with Gasteiger partial charge in [0.25, 0.3) is 0 Å². The fraction of sp³-hybridized carbons (Fsp3) is 0.590. The molecule has 0 spiro atoms. The van der Waals surface area contributed by atoms with Crippen LogP contribution in [0.2, 0.25) is 0 Å². The van der Waals surface area contributed by atoms with E-state index in [-0.39, 0.29) is 47.3 Å². The lowest BCUT2D eigenvalue weighted by Gasteiger charge is -2.32. The molecule has 236 valence electrons. The lowest BCUT2D eigenvalue weighted by atomic mass is 9.71. The molecule has 2 aromatic rings. The van der Waals surface area contributed by atoms with Crippen molar-refractivity contribution in [3.8, 4) is 11.1 Å². The van der Waals surface area contributed by atoms with Crippen molar-refractivity contribution in [3.63, 3.8) is 0 Å². The molecular formula is C39H56O4. The van der Waals surface area contributed by atoms with Gasteiger partial charge in [-0.3, -0.25) is 19.2 Å². The van der Waals surface area contributed by atoms with E-state index in [1.807, 2.05) is 32.0 Å². The monoisotopic (exact) mass is 588 g/mol. The van der Waals surface area contributed by atoms with Crippen LogP contribution in [-0.2, 0) is 27.2 Å². The van der Waals surface area contributed by atoms with Crippen LogP contribution in [0.25, 0.3) is 11.1 Å². The Balaban J connectivity index is 0.00000206. The molecule has 0 bridgehead atoms. The number of fused-ring (bicyclic) bond motifs is 1. The molecule has 1 aliphatic carbocycles. The third-order valence-electron chi connectivity index (χ3n) is 8.63. The second-order valence-electron chi connectivity index (χ2n) is 12.7. The van der Waals surface area contributed by atoms with Gasteiger partial charge in [-0.25, -0.2) is 0 Å². The fourth-order valence-corrected chi connectivity index (χ4v) is 6.70. The molecule has 3 unspecified atom stereocenters. The summed E-state index contributed by atoms with van der Waals surface area (Å²) in [7, 11) is 0. The Bertz CT molecular complexity index is 1210. The van der Waals surface area contributed by atoms with Crippen molar-refractivity contribution in [2.45, 2.75) is 132 Å². The van der Waals surface area contributed by atoms with E-state index in [1.165, 1.54) is 13.3 Å². The molecule has 0 aliphatic heterocycles. The van der Waals surface area contributed by atoms with Gasteiger partial charge >= 0.3 is 0 Å². The Morgan fingerprint density at radius 2 is 1.56 bits per heavy atom. The summed E-state index contributed by atoms with van der Waals surface area (Å²) in [6.45, 7) is 14.1. The number of Topliss-reactive ketones (excluding diaryl/α,β-unsaturated/α-hetero) is 4. The Morgan fingerprint density at radius 1 is 0.884 bits per heavy atom. The standard InChI is InChI=1S/C36H48O4.C3H8/c1-6-9-10-12-30(38)21-26-14-16-28(17-15-26)32-18-13-24(4)36-33(32)22-27(23-35(36)40)20-29(11-7-2)31(8-3)34(39)19-25(5)37;1-3-2/h13-18,27,29,31H,6-12,19-23H2,1-5H3;3H2,1-2H3. The minimum absolute atomic E-state index is 0.00876. The molecule has 2 aromatic carbocycles. The van der Waals surface area contributed by atoms with Crippen molar-refractivity contribution >= 4 is 23.1 Å². The molecule has 0 aromatic heterocycles. The molecule has 43 heavy (non-hydrogen) atoms. The van der Waals surface area contributed by atoms with Crippen LogP contribution >= 0.6 is 0 Å². The van der Waals surface area contributed by atoms with Crippen molar-refractivity contribution in [3.05, 3.63) is 58.7 Å². The van der Waals surface area contributed by atoms with Crippen LogP contribution in [-0.4, -0.2) is 23.1 Å². The van der Waals surface area contributed by atoms with E-state index in [1.54, 1.807) is 0 Å². The second kappa shape index (κ2) is 18.7. The predicted octanol–water partition coefficient (Wildman–Crippen LogP) is 9.90. The number of carbonyl (C=O) groups excluding carboxylic acids is 4. The van der Waals surface area contributed by atoms with Crippen LogP contribution in [0.4, 0.5) is 0 Å².